The zero-order valence-corrected chi connectivity index (χ0v) is 10.2. The molecule has 0 aromatic rings. The minimum atomic E-state index is -3.34. The van der Waals surface area contributed by atoms with Crippen LogP contribution in [0, 0.1) is 0 Å². The van der Waals surface area contributed by atoms with E-state index in [-0.39, 0.29) is 13.2 Å². The van der Waals surface area contributed by atoms with E-state index in [0.29, 0.717) is 26.1 Å². The SMILES string of the molecule is O=C(O)COCCNS(=O)(=O)C1CCOCC1. The summed E-state index contributed by atoms with van der Waals surface area (Å²) >= 11 is 0. The normalized spacial score (nSPS) is 18.1. The van der Waals surface area contributed by atoms with Gasteiger partial charge in [0.1, 0.15) is 6.61 Å². The highest BCUT2D eigenvalue weighted by Gasteiger charge is 2.26. The highest BCUT2D eigenvalue weighted by Crippen LogP contribution is 2.14. The molecule has 1 heterocycles. The summed E-state index contributed by atoms with van der Waals surface area (Å²) < 4.78 is 35.7. The van der Waals surface area contributed by atoms with Gasteiger partial charge in [-0.05, 0) is 12.8 Å². The first-order chi connectivity index (χ1) is 8.02. The minimum absolute atomic E-state index is 0.0503. The van der Waals surface area contributed by atoms with Gasteiger partial charge in [-0.3, -0.25) is 0 Å². The molecule has 2 N–H and O–H groups in total. The molecule has 17 heavy (non-hydrogen) atoms. The minimum Gasteiger partial charge on any atom is -0.480 e. The number of carboxylic acid groups (broad SMARTS) is 1. The third kappa shape index (κ3) is 5.44. The average molecular weight is 267 g/mol. The van der Waals surface area contributed by atoms with Crippen LogP contribution < -0.4 is 4.72 Å². The van der Waals surface area contributed by atoms with Crippen molar-refractivity contribution in [2.45, 2.75) is 18.1 Å². The van der Waals surface area contributed by atoms with Gasteiger partial charge in [-0.15, -0.1) is 0 Å². The van der Waals surface area contributed by atoms with E-state index in [1.807, 2.05) is 0 Å². The lowest BCUT2D eigenvalue weighted by atomic mass is 10.2. The molecule has 0 amide bonds. The predicted molar refractivity (Wildman–Crippen MR) is 59.2 cm³/mol. The van der Waals surface area contributed by atoms with Gasteiger partial charge in [0.25, 0.3) is 0 Å². The maximum Gasteiger partial charge on any atom is 0.329 e. The van der Waals surface area contributed by atoms with Gasteiger partial charge in [0.05, 0.1) is 11.9 Å². The van der Waals surface area contributed by atoms with Crippen LogP contribution in [0.1, 0.15) is 12.8 Å². The van der Waals surface area contributed by atoms with Crippen molar-refractivity contribution in [3.63, 3.8) is 0 Å². The fourth-order valence-electron chi connectivity index (χ4n) is 1.52. The third-order valence-electron chi connectivity index (χ3n) is 2.38. The second kappa shape index (κ2) is 6.90. The molecule has 0 aromatic heterocycles. The maximum atomic E-state index is 11.7. The van der Waals surface area contributed by atoms with Crippen LogP contribution in [0.15, 0.2) is 0 Å². The van der Waals surface area contributed by atoms with Crippen LogP contribution in [-0.4, -0.2) is 57.7 Å². The first kappa shape index (κ1) is 14.4. The van der Waals surface area contributed by atoms with Gasteiger partial charge in [-0.25, -0.2) is 17.9 Å². The number of rotatable bonds is 7. The fraction of sp³-hybridized carbons (Fsp3) is 0.889. The molecule has 7 nitrogen and oxygen atoms in total. The summed E-state index contributed by atoms with van der Waals surface area (Å²) in [5, 5.41) is 7.88. The molecule has 0 aliphatic carbocycles. The monoisotopic (exact) mass is 267 g/mol. The molecule has 0 radical (unpaired) electrons. The first-order valence-corrected chi connectivity index (χ1v) is 6.93. The second-order valence-electron chi connectivity index (χ2n) is 3.70. The fourth-order valence-corrected chi connectivity index (χ4v) is 2.94. The molecule has 0 saturated carbocycles. The lowest BCUT2D eigenvalue weighted by Gasteiger charge is -2.22. The molecule has 0 aromatic carbocycles. The number of ether oxygens (including phenoxy) is 2. The van der Waals surface area contributed by atoms with Gasteiger partial charge in [-0.2, -0.15) is 0 Å². The van der Waals surface area contributed by atoms with Crippen molar-refractivity contribution in [3.05, 3.63) is 0 Å². The summed E-state index contributed by atoms with van der Waals surface area (Å²) in [6.07, 6.45) is 0.983. The molecule has 8 heteroatoms. The molecule has 0 unspecified atom stereocenters. The average Bonchev–Trinajstić information content (AvgIpc) is 2.29. The molecule has 1 rings (SSSR count). The van der Waals surface area contributed by atoms with Crippen LogP contribution in [-0.2, 0) is 24.3 Å². The van der Waals surface area contributed by atoms with E-state index in [0.717, 1.165) is 0 Å². The Morgan fingerprint density at radius 2 is 2.06 bits per heavy atom. The van der Waals surface area contributed by atoms with E-state index in [2.05, 4.69) is 4.72 Å². The number of hydrogen-bond acceptors (Lipinski definition) is 5. The van der Waals surface area contributed by atoms with Crippen LogP contribution in [0.2, 0.25) is 0 Å². The van der Waals surface area contributed by atoms with E-state index in [4.69, 9.17) is 14.6 Å². The van der Waals surface area contributed by atoms with Gasteiger partial charge in [-0.1, -0.05) is 0 Å². The van der Waals surface area contributed by atoms with E-state index >= 15 is 0 Å². The van der Waals surface area contributed by atoms with E-state index in [1.54, 1.807) is 0 Å². The van der Waals surface area contributed by atoms with Crippen molar-refractivity contribution in [2.24, 2.45) is 0 Å². The molecular formula is C9H17NO6S. The second-order valence-corrected chi connectivity index (χ2v) is 5.74. The Balaban J connectivity index is 2.22. The van der Waals surface area contributed by atoms with Crippen LogP contribution in [0.25, 0.3) is 0 Å². The van der Waals surface area contributed by atoms with Gasteiger partial charge >= 0.3 is 5.97 Å². The Morgan fingerprint density at radius 1 is 1.41 bits per heavy atom. The Hall–Kier alpha value is -0.700. The lowest BCUT2D eigenvalue weighted by Crippen LogP contribution is -2.39. The predicted octanol–water partition coefficient (Wildman–Crippen LogP) is -0.814. The number of aliphatic carboxylic acids is 1. The van der Waals surface area contributed by atoms with Crippen LogP contribution >= 0.6 is 0 Å². The van der Waals surface area contributed by atoms with Gasteiger partial charge < -0.3 is 14.6 Å². The van der Waals surface area contributed by atoms with E-state index in [9.17, 15) is 13.2 Å². The van der Waals surface area contributed by atoms with Crippen LogP contribution in [0.5, 0.6) is 0 Å². The van der Waals surface area contributed by atoms with Crippen molar-refractivity contribution in [2.75, 3.05) is 33.0 Å². The molecule has 0 atom stereocenters. The zero-order valence-electron chi connectivity index (χ0n) is 9.42. The van der Waals surface area contributed by atoms with Crippen molar-refractivity contribution in [3.8, 4) is 0 Å². The number of hydrogen-bond donors (Lipinski definition) is 2. The largest absolute Gasteiger partial charge is 0.480 e. The summed E-state index contributed by atoms with van der Waals surface area (Å²) in [7, 11) is -3.34. The summed E-state index contributed by atoms with van der Waals surface area (Å²) in [6, 6.07) is 0. The van der Waals surface area contributed by atoms with E-state index in [1.165, 1.54) is 0 Å². The molecule has 1 saturated heterocycles. The Kier molecular flexibility index (Phi) is 5.83. The van der Waals surface area contributed by atoms with Crippen LogP contribution in [0.3, 0.4) is 0 Å². The van der Waals surface area contributed by atoms with Crippen molar-refractivity contribution >= 4 is 16.0 Å². The topological polar surface area (TPSA) is 102 Å². The highest BCUT2D eigenvalue weighted by molar-refractivity contribution is 7.90. The van der Waals surface area contributed by atoms with Crippen molar-refractivity contribution < 1.29 is 27.8 Å². The quantitative estimate of drug-likeness (QED) is 0.585. The van der Waals surface area contributed by atoms with Crippen molar-refractivity contribution in [1.82, 2.24) is 4.72 Å². The Morgan fingerprint density at radius 3 is 2.65 bits per heavy atom. The summed E-state index contributed by atoms with van der Waals surface area (Å²) in [5.41, 5.74) is 0. The molecular weight excluding hydrogens is 250 g/mol. The lowest BCUT2D eigenvalue weighted by molar-refractivity contribution is -0.142. The molecule has 0 spiro atoms. The molecule has 1 aliphatic rings. The summed E-state index contributed by atoms with van der Waals surface area (Å²) in [6.45, 7) is 0.642. The number of carboxylic acids is 1. The summed E-state index contributed by atoms with van der Waals surface area (Å²) in [4.78, 5) is 10.1. The number of nitrogens with one attached hydrogen (secondary N) is 1. The Labute approximate surface area is 100 Å². The molecule has 1 aliphatic heterocycles. The molecule has 1 fully saturated rings. The van der Waals surface area contributed by atoms with Gasteiger partial charge in [0, 0.05) is 19.8 Å². The van der Waals surface area contributed by atoms with Gasteiger partial charge in [0.2, 0.25) is 10.0 Å². The first-order valence-electron chi connectivity index (χ1n) is 5.38. The zero-order chi connectivity index (χ0) is 12.7. The number of carbonyl (C=O) groups is 1. The Bertz CT molecular complexity index is 335. The highest BCUT2D eigenvalue weighted by atomic mass is 32.2. The van der Waals surface area contributed by atoms with Gasteiger partial charge in [0.15, 0.2) is 0 Å². The van der Waals surface area contributed by atoms with Crippen molar-refractivity contribution in [1.29, 1.82) is 0 Å². The maximum absolute atomic E-state index is 11.7. The number of sulfonamides is 1. The molecule has 100 valence electrons. The third-order valence-corrected chi connectivity index (χ3v) is 4.34. The summed E-state index contributed by atoms with van der Waals surface area (Å²) in [5.74, 6) is -1.07. The van der Waals surface area contributed by atoms with E-state index < -0.39 is 27.8 Å². The van der Waals surface area contributed by atoms with Crippen LogP contribution in [0.4, 0.5) is 0 Å². The standard InChI is InChI=1S/C9H17NO6S/c11-9(12)7-16-6-3-10-17(13,14)8-1-4-15-5-2-8/h8,10H,1-7H2,(H,11,12). The smallest absolute Gasteiger partial charge is 0.329 e. The molecule has 0 bridgehead atoms.